The third-order valence-electron chi connectivity index (χ3n) is 4.35. The van der Waals surface area contributed by atoms with Crippen molar-refractivity contribution >= 4 is 16.0 Å². The van der Waals surface area contributed by atoms with Crippen LogP contribution in [0.3, 0.4) is 0 Å². The van der Waals surface area contributed by atoms with E-state index >= 15 is 0 Å². The second kappa shape index (κ2) is 12.9. The molecule has 2 rings (SSSR count). The van der Waals surface area contributed by atoms with E-state index in [1.165, 1.54) is 7.11 Å². The molecule has 0 spiro atoms. The molecule has 0 aliphatic carbocycles. The number of sulfonamides is 1. The molecule has 0 saturated carbocycles. The van der Waals surface area contributed by atoms with Crippen molar-refractivity contribution in [2.75, 3.05) is 47.0 Å². The molecule has 0 aliphatic heterocycles. The number of likely N-dealkylation sites (N-methyl/N-ethyl adjacent to an activating group) is 1. The zero-order valence-corrected chi connectivity index (χ0v) is 19.2. The van der Waals surface area contributed by atoms with Gasteiger partial charge in [0.1, 0.15) is 12.4 Å². The number of hydrogen-bond donors (Lipinski definition) is 2. The van der Waals surface area contributed by atoms with Crippen LogP contribution in [0.25, 0.3) is 0 Å². The van der Waals surface area contributed by atoms with E-state index in [0.29, 0.717) is 26.3 Å². The van der Waals surface area contributed by atoms with Crippen molar-refractivity contribution < 1.29 is 17.9 Å². The Morgan fingerprint density at radius 2 is 1.87 bits per heavy atom. The second-order valence-electron chi connectivity index (χ2n) is 6.79. The number of methoxy groups -OCH3 is 1. The van der Waals surface area contributed by atoms with E-state index in [2.05, 4.69) is 15.0 Å². The van der Waals surface area contributed by atoms with E-state index < -0.39 is 10.0 Å². The maximum Gasteiger partial charge on any atom is 0.240 e. The molecule has 2 aromatic carbocycles. The summed E-state index contributed by atoms with van der Waals surface area (Å²) in [6.07, 6.45) is 0. The van der Waals surface area contributed by atoms with Crippen LogP contribution < -0.4 is 14.8 Å². The zero-order chi connectivity index (χ0) is 22.5. The molecule has 0 amide bonds. The van der Waals surface area contributed by atoms with Gasteiger partial charge in [-0.05, 0) is 36.8 Å². The number of ether oxygens (including phenoxy) is 2. The first-order valence-electron chi connectivity index (χ1n) is 10.2. The number of nitrogens with one attached hydrogen (secondary N) is 2. The van der Waals surface area contributed by atoms with E-state index in [9.17, 15) is 8.42 Å². The summed E-state index contributed by atoms with van der Waals surface area (Å²) < 4.78 is 38.0. The lowest BCUT2D eigenvalue weighted by molar-refractivity contribution is 0.204. The van der Waals surface area contributed by atoms with Crippen LogP contribution in [0.2, 0.25) is 0 Å². The van der Waals surface area contributed by atoms with Gasteiger partial charge in [0.05, 0.1) is 24.6 Å². The molecule has 2 N–H and O–H groups in total. The van der Waals surface area contributed by atoms with Crippen LogP contribution in [0.15, 0.2) is 64.5 Å². The summed E-state index contributed by atoms with van der Waals surface area (Å²) >= 11 is 0. The molecule has 0 heterocycles. The minimum atomic E-state index is -3.58. The van der Waals surface area contributed by atoms with E-state index in [4.69, 9.17) is 9.47 Å². The van der Waals surface area contributed by atoms with Gasteiger partial charge in [-0.2, -0.15) is 0 Å². The Morgan fingerprint density at radius 3 is 2.58 bits per heavy atom. The van der Waals surface area contributed by atoms with Gasteiger partial charge >= 0.3 is 0 Å². The molecule has 0 radical (unpaired) electrons. The molecule has 0 aliphatic rings. The van der Waals surface area contributed by atoms with Gasteiger partial charge in [-0.1, -0.05) is 30.3 Å². The summed E-state index contributed by atoms with van der Waals surface area (Å²) in [5.41, 5.74) is 0.805. The summed E-state index contributed by atoms with van der Waals surface area (Å²) in [5.74, 6) is 1.56. The molecule has 0 bridgehead atoms. The molecule has 2 aromatic rings. The Bertz CT molecular complexity index is 920. The summed E-state index contributed by atoms with van der Waals surface area (Å²) in [4.78, 5) is 6.85. The molecule has 0 aromatic heterocycles. The Kier molecular flexibility index (Phi) is 10.3. The Hall–Kier alpha value is -2.62. The summed E-state index contributed by atoms with van der Waals surface area (Å²) in [6.45, 7) is 4.79. The smallest absolute Gasteiger partial charge is 0.240 e. The molecule has 9 heteroatoms. The number of nitrogens with zero attached hydrogens (tertiary/aromatic N) is 2. The highest BCUT2D eigenvalue weighted by Gasteiger charge is 2.14. The van der Waals surface area contributed by atoms with Gasteiger partial charge < -0.3 is 19.7 Å². The largest absolute Gasteiger partial charge is 0.492 e. The van der Waals surface area contributed by atoms with Gasteiger partial charge in [-0.25, -0.2) is 18.1 Å². The van der Waals surface area contributed by atoms with E-state index in [1.54, 1.807) is 18.2 Å². The third-order valence-corrected chi connectivity index (χ3v) is 5.81. The number of guanidine groups is 1. The van der Waals surface area contributed by atoms with Crippen LogP contribution in [-0.2, 0) is 21.3 Å². The van der Waals surface area contributed by atoms with Crippen molar-refractivity contribution in [1.29, 1.82) is 0 Å². The number of rotatable bonds is 12. The molecule has 0 atom stereocenters. The van der Waals surface area contributed by atoms with Crippen LogP contribution in [0, 0.1) is 0 Å². The average Bonchev–Trinajstić information content (AvgIpc) is 2.77. The monoisotopic (exact) mass is 448 g/mol. The molecule has 8 nitrogen and oxygen atoms in total. The topological polar surface area (TPSA) is 92.3 Å². The molecule has 0 fully saturated rings. The fraction of sp³-hybridized carbons (Fsp3) is 0.409. The molecular weight excluding hydrogens is 416 g/mol. The highest BCUT2D eigenvalue weighted by Crippen LogP contribution is 2.12. The zero-order valence-electron chi connectivity index (χ0n) is 18.4. The molecule has 0 unspecified atom stereocenters. The van der Waals surface area contributed by atoms with Crippen LogP contribution in [0.4, 0.5) is 0 Å². The SMILES string of the molecule is CCNC(=NCc1cccc(S(=O)(=O)NCCOC)c1)N(C)CCOc1ccccc1. The van der Waals surface area contributed by atoms with Crippen LogP contribution in [0.1, 0.15) is 12.5 Å². The maximum absolute atomic E-state index is 12.4. The summed E-state index contributed by atoms with van der Waals surface area (Å²) in [7, 11) is -0.111. The highest BCUT2D eigenvalue weighted by molar-refractivity contribution is 7.89. The lowest BCUT2D eigenvalue weighted by Crippen LogP contribution is -2.40. The van der Waals surface area contributed by atoms with Gasteiger partial charge in [0.25, 0.3) is 0 Å². The first-order chi connectivity index (χ1) is 15.0. The van der Waals surface area contributed by atoms with Crippen LogP contribution >= 0.6 is 0 Å². The van der Waals surface area contributed by atoms with Crippen molar-refractivity contribution in [3.05, 3.63) is 60.2 Å². The van der Waals surface area contributed by atoms with Crippen molar-refractivity contribution in [1.82, 2.24) is 14.9 Å². The van der Waals surface area contributed by atoms with Gasteiger partial charge in [0.2, 0.25) is 10.0 Å². The minimum absolute atomic E-state index is 0.214. The van der Waals surface area contributed by atoms with E-state index in [1.807, 2.05) is 55.3 Å². The number of benzene rings is 2. The van der Waals surface area contributed by atoms with Gasteiger partial charge in [0, 0.05) is 27.2 Å². The van der Waals surface area contributed by atoms with Crippen molar-refractivity contribution in [2.24, 2.45) is 4.99 Å². The van der Waals surface area contributed by atoms with Crippen molar-refractivity contribution in [3.8, 4) is 5.75 Å². The Balaban J connectivity index is 1.99. The van der Waals surface area contributed by atoms with Crippen molar-refractivity contribution in [2.45, 2.75) is 18.4 Å². The van der Waals surface area contributed by atoms with Crippen molar-refractivity contribution in [3.63, 3.8) is 0 Å². The summed E-state index contributed by atoms with van der Waals surface area (Å²) in [6, 6.07) is 16.5. The summed E-state index contributed by atoms with van der Waals surface area (Å²) in [5, 5.41) is 3.26. The highest BCUT2D eigenvalue weighted by atomic mass is 32.2. The standard InChI is InChI=1S/C22H32N4O4S/c1-4-23-22(26(2)14-16-30-20-10-6-5-7-11-20)24-18-19-9-8-12-21(17-19)31(27,28)25-13-15-29-3/h5-12,17,25H,4,13-16,18H2,1-3H3,(H,23,24). The lowest BCUT2D eigenvalue weighted by atomic mass is 10.2. The fourth-order valence-electron chi connectivity index (χ4n) is 2.73. The maximum atomic E-state index is 12.4. The van der Waals surface area contributed by atoms with Gasteiger partial charge in [-0.3, -0.25) is 0 Å². The quantitative estimate of drug-likeness (QED) is 0.293. The lowest BCUT2D eigenvalue weighted by Gasteiger charge is -2.22. The predicted molar refractivity (Wildman–Crippen MR) is 123 cm³/mol. The first kappa shape index (κ1) is 24.6. The molecule has 0 saturated heterocycles. The molecule has 31 heavy (non-hydrogen) atoms. The molecular formula is C22H32N4O4S. The van der Waals surface area contributed by atoms with E-state index in [0.717, 1.165) is 23.8 Å². The van der Waals surface area contributed by atoms with Crippen LogP contribution in [-0.4, -0.2) is 66.3 Å². The number of para-hydroxylation sites is 1. The Labute approximate surface area is 185 Å². The third kappa shape index (κ3) is 8.56. The second-order valence-corrected chi connectivity index (χ2v) is 8.56. The Morgan fingerprint density at radius 1 is 1.10 bits per heavy atom. The first-order valence-corrected chi connectivity index (χ1v) is 11.7. The normalized spacial score (nSPS) is 11.9. The predicted octanol–water partition coefficient (Wildman–Crippen LogP) is 2.09. The molecule has 170 valence electrons. The van der Waals surface area contributed by atoms with Gasteiger partial charge in [-0.15, -0.1) is 0 Å². The fourth-order valence-corrected chi connectivity index (χ4v) is 3.81. The van der Waals surface area contributed by atoms with Crippen LogP contribution in [0.5, 0.6) is 5.75 Å². The van der Waals surface area contributed by atoms with Gasteiger partial charge in [0.15, 0.2) is 5.96 Å². The minimum Gasteiger partial charge on any atom is -0.492 e. The number of aliphatic imine (C=N–C) groups is 1. The van der Waals surface area contributed by atoms with E-state index in [-0.39, 0.29) is 11.4 Å². The number of hydrogen-bond acceptors (Lipinski definition) is 5. The average molecular weight is 449 g/mol.